The number of rotatable bonds is 3. The predicted molar refractivity (Wildman–Crippen MR) is 55.1 cm³/mol. The van der Waals surface area contributed by atoms with Crippen LogP contribution in [0.2, 0.25) is 0 Å². The summed E-state index contributed by atoms with van der Waals surface area (Å²) in [5, 5.41) is 0. The van der Waals surface area contributed by atoms with Gasteiger partial charge in [-0.05, 0) is 30.5 Å². The number of hydrogen-bond acceptors (Lipinski definition) is 1. The van der Waals surface area contributed by atoms with Crippen LogP contribution in [0.4, 0.5) is 0 Å². The van der Waals surface area contributed by atoms with Gasteiger partial charge in [-0.25, -0.2) is 0 Å². The summed E-state index contributed by atoms with van der Waals surface area (Å²) < 4.78 is 0. The Kier molecular flexibility index (Phi) is 3.49. The number of Topliss-reactive ketones (excluding diaryl/α,β-unsaturated/α-hetero) is 1. The molecule has 0 amide bonds. The summed E-state index contributed by atoms with van der Waals surface area (Å²) in [6.07, 6.45) is 0.510. The Morgan fingerprint density at radius 2 is 2.15 bits per heavy atom. The van der Waals surface area contributed by atoms with Crippen LogP contribution in [0.1, 0.15) is 23.6 Å². The van der Waals surface area contributed by atoms with Crippen LogP contribution in [0.15, 0.2) is 18.2 Å². The number of ketones is 1. The van der Waals surface area contributed by atoms with Gasteiger partial charge in [-0.3, -0.25) is 4.79 Å². The maximum atomic E-state index is 10.9. The molecule has 70 valence electrons. The highest BCUT2D eigenvalue weighted by Crippen LogP contribution is 2.13. The van der Waals surface area contributed by atoms with Crippen LogP contribution >= 0.6 is 11.6 Å². The van der Waals surface area contributed by atoms with E-state index in [0.29, 0.717) is 12.3 Å². The molecular formula is C11H13ClO. The third-order valence-corrected chi connectivity index (χ3v) is 2.32. The first-order valence-electron chi connectivity index (χ1n) is 4.27. The van der Waals surface area contributed by atoms with E-state index in [4.69, 9.17) is 11.6 Å². The Morgan fingerprint density at radius 3 is 2.69 bits per heavy atom. The van der Waals surface area contributed by atoms with Crippen molar-refractivity contribution < 1.29 is 4.79 Å². The standard InChI is InChI=1S/C11H13ClO/c1-8-3-4-10(7-12)6-11(8)5-9(2)13/h3-4,6H,5,7H2,1-2H3. The number of halogens is 1. The fourth-order valence-electron chi connectivity index (χ4n) is 1.27. The molecule has 0 N–H and O–H groups in total. The molecule has 13 heavy (non-hydrogen) atoms. The fraction of sp³-hybridized carbons (Fsp3) is 0.364. The predicted octanol–water partition coefficient (Wildman–Crippen LogP) is 2.87. The van der Waals surface area contributed by atoms with Crippen LogP contribution in [-0.4, -0.2) is 5.78 Å². The van der Waals surface area contributed by atoms with Crippen molar-refractivity contribution in [2.75, 3.05) is 0 Å². The van der Waals surface area contributed by atoms with E-state index < -0.39 is 0 Å². The molecule has 2 heteroatoms. The van der Waals surface area contributed by atoms with E-state index in [9.17, 15) is 4.79 Å². The fourth-order valence-corrected chi connectivity index (χ4v) is 1.43. The van der Waals surface area contributed by atoms with Crippen LogP contribution in [0.5, 0.6) is 0 Å². The normalized spacial score (nSPS) is 10.1. The summed E-state index contributed by atoms with van der Waals surface area (Å²) in [5.74, 6) is 0.695. The van der Waals surface area contributed by atoms with Gasteiger partial charge in [-0.2, -0.15) is 0 Å². The molecule has 0 saturated carbocycles. The van der Waals surface area contributed by atoms with Gasteiger partial charge in [0.05, 0.1) is 0 Å². The average Bonchev–Trinajstić information content (AvgIpc) is 2.08. The lowest BCUT2D eigenvalue weighted by molar-refractivity contribution is -0.116. The number of benzene rings is 1. The SMILES string of the molecule is CC(=O)Cc1cc(CCl)ccc1C. The Bertz CT molecular complexity index is 318. The van der Waals surface area contributed by atoms with Crippen LogP contribution in [0.3, 0.4) is 0 Å². The van der Waals surface area contributed by atoms with Crippen molar-refractivity contribution in [2.45, 2.75) is 26.1 Å². The number of carbonyl (C=O) groups is 1. The van der Waals surface area contributed by atoms with E-state index in [2.05, 4.69) is 0 Å². The van der Waals surface area contributed by atoms with Crippen molar-refractivity contribution in [3.05, 3.63) is 34.9 Å². The number of carbonyl (C=O) groups excluding carboxylic acids is 1. The Hall–Kier alpha value is -0.820. The second-order valence-electron chi connectivity index (χ2n) is 3.27. The molecule has 0 heterocycles. The summed E-state index contributed by atoms with van der Waals surface area (Å²) in [6, 6.07) is 6.01. The first-order chi connectivity index (χ1) is 6.13. The molecular weight excluding hydrogens is 184 g/mol. The molecule has 0 aliphatic carbocycles. The van der Waals surface area contributed by atoms with Crippen LogP contribution in [0, 0.1) is 6.92 Å². The number of hydrogen-bond donors (Lipinski definition) is 0. The number of alkyl halides is 1. The average molecular weight is 197 g/mol. The molecule has 0 spiro atoms. The molecule has 0 aliphatic rings. The van der Waals surface area contributed by atoms with Crippen LogP contribution in [0.25, 0.3) is 0 Å². The maximum absolute atomic E-state index is 10.9. The molecule has 0 aliphatic heterocycles. The van der Waals surface area contributed by atoms with Gasteiger partial charge in [0.2, 0.25) is 0 Å². The van der Waals surface area contributed by atoms with Crippen molar-refractivity contribution in [2.24, 2.45) is 0 Å². The highest BCUT2D eigenvalue weighted by molar-refractivity contribution is 6.17. The van der Waals surface area contributed by atoms with Gasteiger partial charge in [0, 0.05) is 12.3 Å². The third-order valence-electron chi connectivity index (χ3n) is 2.01. The van der Waals surface area contributed by atoms with Crippen molar-refractivity contribution in [3.8, 4) is 0 Å². The molecule has 1 rings (SSSR count). The third kappa shape index (κ3) is 2.85. The van der Waals surface area contributed by atoms with Crippen molar-refractivity contribution >= 4 is 17.4 Å². The zero-order chi connectivity index (χ0) is 9.84. The molecule has 1 aromatic rings. The van der Waals surface area contributed by atoms with E-state index in [1.807, 2.05) is 25.1 Å². The van der Waals surface area contributed by atoms with Gasteiger partial charge in [0.25, 0.3) is 0 Å². The van der Waals surface area contributed by atoms with Gasteiger partial charge in [-0.15, -0.1) is 11.6 Å². The molecule has 0 radical (unpaired) electrons. The Morgan fingerprint density at radius 1 is 1.46 bits per heavy atom. The monoisotopic (exact) mass is 196 g/mol. The van der Waals surface area contributed by atoms with Gasteiger partial charge < -0.3 is 0 Å². The van der Waals surface area contributed by atoms with Crippen molar-refractivity contribution in [1.29, 1.82) is 0 Å². The van der Waals surface area contributed by atoms with Gasteiger partial charge >= 0.3 is 0 Å². The van der Waals surface area contributed by atoms with Crippen molar-refractivity contribution in [3.63, 3.8) is 0 Å². The summed E-state index contributed by atoms with van der Waals surface area (Å²) in [5.41, 5.74) is 3.32. The smallest absolute Gasteiger partial charge is 0.134 e. The first kappa shape index (κ1) is 10.3. The van der Waals surface area contributed by atoms with E-state index in [0.717, 1.165) is 16.7 Å². The summed E-state index contributed by atoms with van der Waals surface area (Å²) in [4.78, 5) is 10.9. The minimum atomic E-state index is 0.190. The topological polar surface area (TPSA) is 17.1 Å². The largest absolute Gasteiger partial charge is 0.300 e. The zero-order valence-corrected chi connectivity index (χ0v) is 8.69. The van der Waals surface area contributed by atoms with Crippen LogP contribution < -0.4 is 0 Å². The second-order valence-corrected chi connectivity index (χ2v) is 3.54. The molecule has 0 bridgehead atoms. The van der Waals surface area contributed by atoms with E-state index in [1.54, 1.807) is 6.92 Å². The van der Waals surface area contributed by atoms with E-state index >= 15 is 0 Å². The second kappa shape index (κ2) is 4.43. The van der Waals surface area contributed by atoms with Gasteiger partial charge in [-0.1, -0.05) is 18.2 Å². The minimum absolute atomic E-state index is 0.190. The molecule has 0 atom stereocenters. The molecule has 1 aromatic carbocycles. The lowest BCUT2D eigenvalue weighted by Crippen LogP contribution is -1.99. The summed E-state index contributed by atoms with van der Waals surface area (Å²) in [6.45, 7) is 3.61. The van der Waals surface area contributed by atoms with Gasteiger partial charge in [0.1, 0.15) is 5.78 Å². The lowest BCUT2D eigenvalue weighted by Gasteiger charge is -2.05. The molecule has 0 unspecified atom stereocenters. The highest BCUT2D eigenvalue weighted by atomic mass is 35.5. The molecule has 0 saturated heterocycles. The lowest BCUT2D eigenvalue weighted by atomic mass is 10.0. The Balaban J connectivity index is 2.96. The summed E-state index contributed by atoms with van der Waals surface area (Å²) in [7, 11) is 0. The quantitative estimate of drug-likeness (QED) is 0.680. The zero-order valence-electron chi connectivity index (χ0n) is 7.93. The van der Waals surface area contributed by atoms with Crippen LogP contribution in [-0.2, 0) is 17.1 Å². The minimum Gasteiger partial charge on any atom is -0.300 e. The van der Waals surface area contributed by atoms with E-state index in [1.165, 1.54) is 0 Å². The molecule has 0 aromatic heterocycles. The van der Waals surface area contributed by atoms with Crippen molar-refractivity contribution in [1.82, 2.24) is 0 Å². The summed E-state index contributed by atoms with van der Waals surface area (Å²) >= 11 is 5.70. The maximum Gasteiger partial charge on any atom is 0.134 e. The Labute approximate surface area is 83.7 Å². The first-order valence-corrected chi connectivity index (χ1v) is 4.80. The number of aryl methyl sites for hydroxylation is 1. The highest BCUT2D eigenvalue weighted by Gasteiger charge is 2.02. The molecule has 0 fully saturated rings. The van der Waals surface area contributed by atoms with Gasteiger partial charge in [0.15, 0.2) is 0 Å². The molecule has 1 nitrogen and oxygen atoms in total. The van der Waals surface area contributed by atoms with E-state index in [-0.39, 0.29) is 5.78 Å².